The van der Waals surface area contributed by atoms with Crippen LogP contribution in [0, 0.1) is 0 Å². The molecule has 2 heterocycles. The van der Waals surface area contributed by atoms with Gasteiger partial charge in [0.05, 0.1) is 12.1 Å². The van der Waals surface area contributed by atoms with Crippen LogP contribution >= 0.6 is 24.8 Å². The van der Waals surface area contributed by atoms with Crippen molar-refractivity contribution in [1.82, 2.24) is 9.80 Å². The average molecular weight is 400 g/mol. The molecule has 1 aliphatic rings. The van der Waals surface area contributed by atoms with Gasteiger partial charge in [-0.3, -0.25) is 9.69 Å². The fourth-order valence-corrected chi connectivity index (χ4v) is 3.14. The normalized spacial score (nSPS) is 17.8. The van der Waals surface area contributed by atoms with Crippen LogP contribution < -0.4 is 5.73 Å². The maximum Gasteiger partial charge on any atom is 0.257 e. The Bertz CT molecular complexity index is 678. The number of nitrogens with two attached hydrogens (primary N) is 1. The Balaban J connectivity index is 0.00000169. The first-order valence-corrected chi connectivity index (χ1v) is 8.52. The first kappa shape index (κ1) is 22.5. The second kappa shape index (κ2) is 10.6. The van der Waals surface area contributed by atoms with Gasteiger partial charge < -0.3 is 15.1 Å². The van der Waals surface area contributed by atoms with Crippen LogP contribution in [0.2, 0.25) is 0 Å². The molecule has 0 bridgehead atoms. The Kier molecular flexibility index (Phi) is 9.16. The number of furan rings is 1. The number of benzene rings is 1. The zero-order chi connectivity index (χ0) is 16.9. The highest BCUT2D eigenvalue weighted by atomic mass is 35.5. The van der Waals surface area contributed by atoms with Crippen molar-refractivity contribution < 1.29 is 9.21 Å². The molecule has 2 N–H and O–H groups in total. The number of hydrogen-bond donors (Lipinski definition) is 1. The van der Waals surface area contributed by atoms with Gasteiger partial charge in [-0.1, -0.05) is 30.3 Å². The van der Waals surface area contributed by atoms with Crippen LogP contribution in [0.15, 0.2) is 47.1 Å². The zero-order valence-electron chi connectivity index (χ0n) is 15.0. The van der Waals surface area contributed by atoms with Crippen molar-refractivity contribution in [2.75, 3.05) is 19.6 Å². The molecular formula is C19H27Cl2N3O2. The lowest BCUT2D eigenvalue weighted by Crippen LogP contribution is -2.36. The zero-order valence-corrected chi connectivity index (χ0v) is 16.6. The molecule has 1 atom stereocenters. The minimum atomic E-state index is 0. The van der Waals surface area contributed by atoms with Gasteiger partial charge >= 0.3 is 0 Å². The third-order valence-corrected chi connectivity index (χ3v) is 4.71. The predicted molar refractivity (Wildman–Crippen MR) is 108 cm³/mol. The van der Waals surface area contributed by atoms with Crippen molar-refractivity contribution in [1.29, 1.82) is 0 Å². The number of halogens is 2. The third kappa shape index (κ3) is 5.48. The van der Waals surface area contributed by atoms with Crippen LogP contribution in [0.4, 0.5) is 0 Å². The summed E-state index contributed by atoms with van der Waals surface area (Å²) in [6.07, 6.45) is 2.49. The molecule has 1 aliphatic heterocycles. The average Bonchev–Trinajstić information content (AvgIpc) is 3.02. The Hall–Kier alpha value is -1.53. The van der Waals surface area contributed by atoms with Gasteiger partial charge in [0.2, 0.25) is 0 Å². The van der Waals surface area contributed by atoms with Crippen LogP contribution in [0.25, 0.3) is 0 Å². The van der Waals surface area contributed by atoms with Crippen molar-refractivity contribution in [2.24, 2.45) is 5.73 Å². The SMILES string of the molecule is CC1CCN(C(=O)c2coc(CN)c2)CCN1Cc1ccccc1.Cl.Cl. The summed E-state index contributed by atoms with van der Waals surface area (Å²) < 4.78 is 5.30. The van der Waals surface area contributed by atoms with Crippen LogP contribution in [-0.2, 0) is 13.1 Å². The summed E-state index contributed by atoms with van der Waals surface area (Å²) in [6.45, 7) is 5.86. The van der Waals surface area contributed by atoms with Gasteiger partial charge in [-0.25, -0.2) is 0 Å². The molecule has 1 saturated heterocycles. The lowest BCUT2D eigenvalue weighted by atomic mass is 10.1. The monoisotopic (exact) mass is 399 g/mol. The second-order valence-electron chi connectivity index (χ2n) is 6.39. The Morgan fingerprint density at radius 2 is 1.92 bits per heavy atom. The summed E-state index contributed by atoms with van der Waals surface area (Å²) >= 11 is 0. The molecule has 2 aromatic rings. The van der Waals surface area contributed by atoms with Crippen LogP contribution in [0.5, 0.6) is 0 Å². The smallest absolute Gasteiger partial charge is 0.257 e. The lowest BCUT2D eigenvalue weighted by molar-refractivity contribution is 0.0760. The molecule has 1 aromatic heterocycles. The molecule has 5 nitrogen and oxygen atoms in total. The molecule has 1 aromatic carbocycles. The van der Waals surface area contributed by atoms with Crippen molar-refractivity contribution >= 4 is 30.7 Å². The summed E-state index contributed by atoms with van der Waals surface area (Å²) in [7, 11) is 0. The van der Waals surface area contributed by atoms with E-state index in [1.54, 1.807) is 6.07 Å². The molecule has 0 aliphatic carbocycles. The molecule has 0 radical (unpaired) electrons. The minimum absolute atomic E-state index is 0. The maximum absolute atomic E-state index is 12.7. The van der Waals surface area contributed by atoms with Crippen LogP contribution in [-0.4, -0.2) is 41.4 Å². The van der Waals surface area contributed by atoms with E-state index in [9.17, 15) is 4.79 Å². The first-order valence-electron chi connectivity index (χ1n) is 8.52. The van der Waals surface area contributed by atoms with E-state index in [0.29, 0.717) is 23.9 Å². The van der Waals surface area contributed by atoms with Crippen molar-refractivity contribution in [3.63, 3.8) is 0 Å². The van der Waals surface area contributed by atoms with E-state index >= 15 is 0 Å². The predicted octanol–water partition coefficient (Wildman–Crippen LogP) is 3.32. The fourth-order valence-electron chi connectivity index (χ4n) is 3.14. The quantitative estimate of drug-likeness (QED) is 0.856. The Morgan fingerprint density at radius 1 is 1.19 bits per heavy atom. The summed E-state index contributed by atoms with van der Waals surface area (Å²) in [4.78, 5) is 17.0. The van der Waals surface area contributed by atoms with Gasteiger partial charge in [-0.05, 0) is 25.0 Å². The number of carbonyl (C=O) groups is 1. The molecule has 7 heteroatoms. The molecule has 0 spiro atoms. The fraction of sp³-hybridized carbons (Fsp3) is 0.421. The second-order valence-corrected chi connectivity index (χ2v) is 6.39. The largest absolute Gasteiger partial charge is 0.467 e. The molecule has 1 amide bonds. The molecule has 3 rings (SSSR count). The molecule has 26 heavy (non-hydrogen) atoms. The standard InChI is InChI=1S/C19H25N3O2.2ClH/c1-15-7-8-21(19(23)17-11-18(12-20)24-14-17)9-10-22(15)13-16-5-3-2-4-6-16;;/h2-6,11,14-15H,7-10,12-13,20H2,1H3;2*1H. The minimum Gasteiger partial charge on any atom is -0.467 e. The number of carbonyl (C=O) groups excluding carboxylic acids is 1. The van der Waals surface area contributed by atoms with E-state index in [4.69, 9.17) is 10.2 Å². The first-order chi connectivity index (χ1) is 11.7. The lowest BCUT2D eigenvalue weighted by Gasteiger charge is -2.26. The number of hydrogen-bond acceptors (Lipinski definition) is 4. The maximum atomic E-state index is 12.7. The molecule has 144 valence electrons. The summed E-state index contributed by atoms with van der Waals surface area (Å²) in [5, 5.41) is 0. The van der Waals surface area contributed by atoms with Gasteiger partial charge in [-0.15, -0.1) is 24.8 Å². The number of amides is 1. The van der Waals surface area contributed by atoms with Crippen molar-refractivity contribution in [3.05, 3.63) is 59.5 Å². The van der Waals surface area contributed by atoms with Crippen molar-refractivity contribution in [2.45, 2.75) is 32.5 Å². The van der Waals surface area contributed by atoms with Crippen molar-refractivity contribution in [3.8, 4) is 0 Å². The number of nitrogens with zero attached hydrogens (tertiary/aromatic N) is 2. The molecule has 1 fully saturated rings. The van der Waals surface area contributed by atoms with Gasteiger partial charge in [0, 0.05) is 32.2 Å². The van der Waals surface area contributed by atoms with E-state index in [1.165, 1.54) is 11.8 Å². The number of rotatable bonds is 4. The topological polar surface area (TPSA) is 62.7 Å². The van der Waals surface area contributed by atoms with Gasteiger partial charge in [0.15, 0.2) is 0 Å². The summed E-state index contributed by atoms with van der Waals surface area (Å²) in [5.41, 5.74) is 7.46. The van der Waals surface area contributed by atoms with Gasteiger partial charge in [0.1, 0.15) is 12.0 Å². The Morgan fingerprint density at radius 3 is 2.58 bits per heavy atom. The van der Waals surface area contributed by atoms with Crippen LogP contribution in [0.3, 0.4) is 0 Å². The Labute approximate surface area is 167 Å². The van der Waals surface area contributed by atoms with E-state index in [2.05, 4.69) is 36.1 Å². The van der Waals surface area contributed by atoms with E-state index in [1.807, 2.05) is 11.0 Å². The molecule has 1 unspecified atom stereocenters. The summed E-state index contributed by atoms with van der Waals surface area (Å²) in [5.74, 6) is 0.680. The third-order valence-electron chi connectivity index (χ3n) is 4.71. The summed E-state index contributed by atoms with van der Waals surface area (Å²) in [6, 6.07) is 12.7. The van der Waals surface area contributed by atoms with Gasteiger partial charge in [0.25, 0.3) is 5.91 Å². The van der Waals surface area contributed by atoms with E-state index in [-0.39, 0.29) is 30.7 Å². The highest BCUT2D eigenvalue weighted by Gasteiger charge is 2.25. The molecular weight excluding hydrogens is 373 g/mol. The highest BCUT2D eigenvalue weighted by molar-refractivity contribution is 5.94. The van der Waals surface area contributed by atoms with E-state index < -0.39 is 0 Å². The van der Waals surface area contributed by atoms with Gasteiger partial charge in [-0.2, -0.15) is 0 Å². The van der Waals surface area contributed by atoms with E-state index in [0.717, 1.165) is 32.6 Å². The highest BCUT2D eigenvalue weighted by Crippen LogP contribution is 2.17. The van der Waals surface area contributed by atoms with Crippen LogP contribution in [0.1, 0.15) is 35.0 Å². The molecule has 0 saturated carbocycles.